The second kappa shape index (κ2) is 6.87. The molecule has 3 nitrogen and oxygen atoms in total. The van der Waals surface area contributed by atoms with Crippen LogP contribution in [0.25, 0.3) is 0 Å². The Labute approximate surface area is 125 Å². The molecule has 6 heteroatoms. The highest BCUT2D eigenvalue weighted by Gasteiger charge is 2.23. The molecule has 0 atom stereocenters. The average molecular weight is 322 g/mol. The van der Waals surface area contributed by atoms with Crippen LogP contribution in [-0.4, -0.2) is 26.3 Å². The fourth-order valence-corrected chi connectivity index (χ4v) is 3.31. The van der Waals surface area contributed by atoms with Crippen molar-refractivity contribution in [2.75, 3.05) is 13.6 Å². The second-order valence-electron chi connectivity index (χ2n) is 5.36. The maximum absolute atomic E-state index is 13.7. The van der Waals surface area contributed by atoms with Gasteiger partial charge in [0.2, 0.25) is 10.0 Å². The molecule has 0 radical (unpaired) electrons. The van der Waals surface area contributed by atoms with Gasteiger partial charge in [-0.3, -0.25) is 0 Å². The zero-order valence-electron chi connectivity index (χ0n) is 12.3. The van der Waals surface area contributed by atoms with Gasteiger partial charge in [-0.1, -0.05) is 13.8 Å². The van der Waals surface area contributed by atoms with E-state index in [1.54, 1.807) is 6.92 Å². The van der Waals surface area contributed by atoms with Crippen molar-refractivity contribution < 1.29 is 12.8 Å². The minimum Gasteiger partial charge on any atom is -0.207 e. The van der Waals surface area contributed by atoms with Crippen molar-refractivity contribution in [3.8, 4) is 0 Å². The first-order valence-electron chi connectivity index (χ1n) is 6.51. The van der Waals surface area contributed by atoms with E-state index in [0.29, 0.717) is 18.0 Å². The Kier molecular flexibility index (Phi) is 5.98. The quantitative estimate of drug-likeness (QED) is 0.752. The summed E-state index contributed by atoms with van der Waals surface area (Å²) in [4.78, 5) is 0.0957. The molecule has 0 heterocycles. The van der Waals surface area contributed by atoms with Gasteiger partial charge in [-0.05, 0) is 37.0 Å². The molecule has 0 aromatic heterocycles. The van der Waals surface area contributed by atoms with Gasteiger partial charge < -0.3 is 0 Å². The lowest BCUT2D eigenvalue weighted by atomic mass is 10.1. The Bertz CT molecular complexity index is 573. The van der Waals surface area contributed by atoms with Crippen molar-refractivity contribution in [2.24, 2.45) is 5.92 Å². The highest BCUT2D eigenvalue weighted by molar-refractivity contribution is 7.89. The maximum Gasteiger partial charge on any atom is 0.242 e. The summed E-state index contributed by atoms with van der Waals surface area (Å²) >= 11 is 5.66. The summed E-state index contributed by atoms with van der Waals surface area (Å²) in [6.07, 6.45) is 0.776. The lowest BCUT2D eigenvalue weighted by Gasteiger charge is -2.19. The standard InChI is InChI=1S/C14H21ClFNO2S/c1-10(2)5-6-17(4)20(18,19)13-7-11(3)14(16)12(8-13)9-15/h7-8,10H,5-6,9H2,1-4H3. The Morgan fingerprint density at radius 3 is 2.45 bits per heavy atom. The predicted octanol–water partition coefficient (Wildman–Crippen LogP) is 3.54. The van der Waals surface area contributed by atoms with Crippen LogP contribution in [0.1, 0.15) is 31.4 Å². The smallest absolute Gasteiger partial charge is 0.207 e. The van der Waals surface area contributed by atoms with Gasteiger partial charge in [0.1, 0.15) is 5.82 Å². The second-order valence-corrected chi connectivity index (χ2v) is 7.67. The van der Waals surface area contributed by atoms with E-state index in [-0.39, 0.29) is 16.3 Å². The molecule has 0 unspecified atom stereocenters. The van der Waals surface area contributed by atoms with E-state index in [1.165, 1.54) is 23.5 Å². The summed E-state index contributed by atoms with van der Waals surface area (Å²) in [7, 11) is -2.06. The number of rotatable bonds is 6. The lowest BCUT2D eigenvalue weighted by molar-refractivity contribution is 0.428. The van der Waals surface area contributed by atoms with E-state index in [4.69, 9.17) is 11.6 Å². The van der Waals surface area contributed by atoms with Gasteiger partial charge in [0, 0.05) is 19.2 Å². The zero-order chi connectivity index (χ0) is 15.5. The van der Waals surface area contributed by atoms with Crippen molar-refractivity contribution in [3.05, 3.63) is 29.1 Å². The van der Waals surface area contributed by atoms with E-state index in [0.717, 1.165) is 6.42 Å². The van der Waals surface area contributed by atoms with Crippen LogP contribution in [-0.2, 0) is 15.9 Å². The van der Waals surface area contributed by atoms with Crippen molar-refractivity contribution in [1.82, 2.24) is 4.31 Å². The molecule has 1 rings (SSSR count). The summed E-state index contributed by atoms with van der Waals surface area (Å²) in [6, 6.07) is 2.67. The summed E-state index contributed by atoms with van der Waals surface area (Å²) in [5.74, 6) is -0.0732. The number of alkyl halides is 1. The molecule has 0 aliphatic rings. The first-order valence-corrected chi connectivity index (χ1v) is 8.49. The monoisotopic (exact) mass is 321 g/mol. The van der Waals surface area contributed by atoms with Crippen LogP contribution in [0.15, 0.2) is 17.0 Å². The van der Waals surface area contributed by atoms with E-state index < -0.39 is 15.8 Å². The van der Waals surface area contributed by atoms with Gasteiger partial charge in [-0.2, -0.15) is 0 Å². The highest BCUT2D eigenvalue weighted by Crippen LogP contribution is 2.23. The van der Waals surface area contributed by atoms with Crippen molar-refractivity contribution in [3.63, 3.8) is 0 Å². The molecule has 0 bridgehead atoms. The molecule has 114 valence electrons. The van der Waals surface area contributed by atoms with Crippen molar-refractivity contribution >= 4 is 21.6 Å². The number of halogens is 2. The van der Waals surface area contributed by atoms with E-state index >= 15 is 0 Å². The molecule has 20 heavy (non-hydrogen) atoms. The molecule has 1 aromatic rings. The van der Waals surface area contributed by atoms with Gasteiger partial charge in [-0.15, -0.1) is 11.6 Å². The van der Waals surface area contributed by atoms with Crippen LogP contribution in [0.3, 0.4) is 0 Å². The molecule has 0 amide bonds. The molecule has 1 aromatic carbocycles. The Morgan fingerprint density at radius 1 is 1.35 bits per heavy atom. The molecule has 0 aliphatic heterocycles. The van der Waals surface area contributed by atoms with Gasteiger partial charge in [0.25, 0.3) is 0 Å². The molecular formula is C14H21ClFNO2S. The normalized spacial score (nSPS) is 12.4. The molecule has 0 aliphatic carbocycles. The average Bonchev–Trinajstić information content (AvgIpc) is 2.38. The number of nitrogens with zero attached hydrogens (tertiary/aromatic N) is 1. The van der Waals surface area contributed by atoms with Gasteiger partial charge in [0.15, 0.2) is 0 Å². The van der Waals surface area contributed by atoms with E-state index in [2.05, 4.69) is 0 Å². The zero-order valence-corrected chi connectivity index (χ0v) is 13.9. The molecule has 0 N–H and O–H groups in total. The summed E-state index contributed by atoms with van der Waals surface area (Å²) in [5.41, 5.74) is 0.501. The van der Waals surface area contributed by atoms with Crippen LogP contribution in [0.4, 0.5) is 4.39 Å². The van der Waals surface area contributed by atoms with E-state index in [1.807, 2.05) is 13.8 Å². The van der Waals surface area contributed by atoms with Crippen molar-refractivity contribution in [1.29, 1.82) is 0 Å². The largest absolute Gasteiger partial charge is 0.242 e. The topological polar surface area (TPSA) is 37.4 Å². The van der Waals surface area contributed by atoms with Crippen LogP contribution in [0, 0.1) is 18.7 Å². The highest BCUT2D eigenvalue weighted by atomic mass is 35.5. The Morgan fingerprint density at radius 2 is 1.95 bits per heavy atom. The van der Waals surface area contributed by atoms with Crippen molar-refractivity contribution in [2.45, 2.75) is 38.0 Å². The van der Waals surface area contributed by atoms with Gasteiger partial charge in [0.05, 0.1) is 10.8 Å². The number of hydrogen-bond acceptors (Lipinski definition) is 2. The Hall–Kier alpha value is -0.650. The lowest BCUT2D eigenvalue weighted by Crippen LogP contribution is -2.29. The first-order chi connectivity index (χ1) is 9.20. The van der Waals surface area contributed by atoms with Crippen LogP contribution in [0.5, 0.6) is 0 Å². The minimum atomic E-state index is -3.60. The first kappa shape index (κ1) is 17.4. The SMILES string of the molecule is Cc1cc(S(=O)(=O)N(C)CCC(C)C)cc(CCl)c1F. The van der Waals surface area contributed by atoms with Gasteiger partial charge >= 0.3 is 0 Å². The van der Waals surface area contributed by atoms with Crippen LogP contribution in [0.2, 0.25) is 0 Å². The minimum absolute atomic E-state index is 0.0499. The number of hydrogen-bond donors (Lipinski definition) is 0. The fraction of sp³-hybridized carbons (Fsp3) is 0.571. The fourth-order valence-electron chi connectivity index (χ4n) is 1.79. The summed E-state index contributed by atoms with van der Waals surface area (Å²) in [5, 5.41) is 0. The molecule has 0 fully saturated rings. The van der Waals surface area contributed by atoms with Crippen LogP contribution < -0.4 is 0 Å². The molecule has 0 saturated carbocycles. The summed E-state index contributed by atoms with van der Waals surface area (Å²) < 4.78 is 39.9. The number of benzene rings is 1. The molecule has 0 spiro atoms. The van der Waals surface area contributed by atoms with E-state index in [9.17, 15) is 12.8 Å². The number of aryl methyl sites for hydroxylation is 1. The van der Waals surface area contributed by atoms with Gasteiger partial charge in [-0.25, -0.2) is 17.1 Å². The van der Waals surface area contributed by atoms with Crippen LogP contribution >= 0.6 is 11.6 Å². The molecule has 0 saturated heterocycles. The third-order valence-electron chi connectivity index (χ3n) is 3.18. The third-order valence-corrected chi connectivity index (χ3v) is 5.30. The predicted molar refractivity (Wildman–Crippen MR) is 80.0 cm³/mol. The molecular weight excluding hydrogens is 301 g/mol. The third kappa shape index (κ3) is 3.93. The summed E-state index contributed by atoms with van der Waals surface area (Å²) in [6.45, 7) is 6.05. The Balaban J connectivity index is 3.12. The maximum atomic E-state index is 13.7. The number of sulfonamides is 1.